The molecular formula is C13H17ClN2O3. The lowest BCUT2D eigenvalue weighted by Crippen LogP contribution is -2.43. The van der Waals surface area contributed by atoms with Gasteiger partial charge >= 0.3 is 5.97 Å². The van der Waals surface area contributed by atoms with Gasteiger partial charge in [-0.3, -0.25) is 9.59 Å². The summed E-state index contributed by atoms with van der Waals surface area (Å²) in [6.45, 7) is 3.65. The molecule has 0 saturated heterocycles. The normalized spacial score (nSPS) is 12.2. The molecule has 19 heavy (non-hydrogen) atoms. The van der Waals surface area contributed by atoms with Crippen LogP contribution in [0.3, 0.4) is 0 Å². The van der Waals surface area contributed by atoms with Crippen molar-refractivity contribution in [2.75, 3.05) is 5.32 Å². The van der Waals surface area contributed by atoms with Gasteiger partial charge in [0, 0.05) is 16.8 Å². The van der Waals surface area contributed by atoms with E-state index in [9.17, 15) is 9.59 Å². The van der Waals surface area contributed by atoms with E-state index in [0.717, 1.165) is 0 Å². The molecule has 0 heterocycles. The van der Waals surface area contributed by atoms with E-state index in [1.807, 2.05) is 13.8 Å². The SMILES string of the molecule is CC(C)NC(CC(=O)Nc1cccc(Cl)c1)C(=O)O. The highest BCUT2D eigenvalue weighted by Gasteiger charge is 2.21. The van der Waals surface area contributed by atoms with Gasteiger partial charge in [-0.05, 0) is 18.2 Å². The van der Waals surface area contributed by atoms with E-state index >= 15 is 0 Å². The van der Waals surface area contributed by atoms with Crippen molar-refractivity contribution in [1.29, 1.82) is 0 Å². The fraction of sp³-hybridized carbons (Fsp3) is 0.385. The zero-order chi connectivity index (χ0) is 14.4. The molecule has 5 nitrogen and oxygen atoms in total. The number of carbonyl (C=O) groups excluding carboxylic acids is 1. The maximum Gasteiger partial charge on any atom is 0.321 e. The minimum absolute atomic E-state index is 0.0138. The Morgan fingerprint density at radius 3 is 2.58 bits per heavy atom. The molecule has 0 aliphatic carbocycles. The smallest absolute Gasteiger partial charge is 0.321 e. The summed E-state index contributed by atoms with van der Waals surface area (Å²) in [5.74, 6) is -1.42. The second kappa shape index (κ2) is 7.11. The van der Waals surface area contributed by atoms with E-state index in [0.29, 0.717) is 10.7 Å². The van der Waals surface area contributed by atoms with Crippen molar-refractivity contribution in [3.63, 3.8) is 0 Å². The van der Waals surface area contributed by atoms with Crippen LogP contribution in [0.1, 0.15) is 20.3 Å². The van der Waals surface area contributed by atoms with Gasteiger partial charge in [-0.2, -0.15) is 0 Å². The number of anilines is 1. The van der Waals surface area contributed by atoms with E-state index in [-0.39, 0.29) is 18.4 Å². The van der Waals surface area contributed by atoms with Crippen molar-refractivity contribution in [2.24, 2.45) is 0 Å². The topological polar surface area (TPSA) is 78.4 Å². The molecule has 0 fully saturated rings. The summed E-state index contributed by atoms with van der Waals surface area (Å²) >= 11 is 5.80. The van der Waals surface area contributed by atoms with Crippen LogP contribution in [0.25, 0.3) is 0 Å². The van der Waals surface area contributed by atoms with Gasteiger partial charge in [-0.25, -0.2) is 0 Å². The lowest BCUT2D eigenvalue weighted by Gasteiger charge is -2.16. The largest absolute Gasteiger partial charge is 0.480 e. The van der Waals surface area contributed by atoms with Crippen LogP contribution in [0.2, 0.25) is 5.02 Å². The highest BCUT2D eigenvalue weighted by molar-refractivity contribution is 6.30. The van der Waals surface area contributed by atoms with Crippen LogP contribution >= 0.6 is 11.6 Å². The predicted octanol–water partition coefficient (Wildman–Crippen LogP) is 2.12. The first-order valence-corrected chi connectivity index (χ1v) is 6.30. The van der Waals surface area contributed by atoms with Crippen molar-refractivity contribution < 1.29 is 14.7 Å². The van der Waals surface area contributed by atoms with Crippen LogP contribution in [-0.4, -0.2) is 29.1 Å². The molecule has 0 radical (unpaired) electrons. The number of amides is 1. The molecular weight excluding hydrogens is 268 g/mol. The summed E-state index contributed by atoms with van der Waals surface area (Å²) in [6, 6.07) is 5.77. The average molecular weight is 285 g/mol. The third-order valence-corrected chi connectivity index (χ3v) is 2.57. The molecule has 104 valence electrons. The minimum atomic E-state index is -1.05. The Morgan fingerprint density at radius 2 is 2.05 bits per heavy atom. The number of nitrogens with one attached hydrogen (secondary N) is 2. The van der Waals surface area contributed by atoms with Crippen LogP contribution < -0.4 is 10.6 Å². The number of benzene rings is 1. The van der Waals surface area contributed by atoms with Gasteiger partial charge in [-0.15, -0.1) is 0 Å². The number of rotatable bonds is 6. The zero-order valence-electron chi connectivity index (χ0n) is 10.8. The highest BCUT2D eigenvalue weighted by Crippen LogP contribution is 2.15. The number of carboxylic acids is 1. The highest BCUT2D eigenvalue weighted by atomic mass is 35.5. The Balaban J connectivity index is 2.60. The molecule has 1 rings (SSSR count). The Labute approximate surface area is 117 Å². The van der Waals surface area contributed by atoms with Gasteiger partial charge in [0.15, 0.2) is 0 Å². The van der Waals surface area contributed by atoms with Crippen molar-refractivity contribution in [2.45, 2.75) is 32.4 Å². The summed E-state index contributed by atoms with van der Waals surface area (Å²) < 4.78 is 0. The molecule has 1 unspecified atom stereocenters. The van der Waals surface area contributed by atoms with Gasteiger partial charge in [0.25, 0.3) is 0 Å². The molecule has 1 aromatic rings. The first-order valence-electron chi connectivity index (χ1n) is 5.92. The first-order chi connectivity index (χ1) is 8.88. The number of carbonyl (C=O) groups is 2. The maximum atomic E-state index is 11.8. The van der Waals surface area contributed by atoms with Gasteiger partial charge in [0.1, 0.15) is 6.04 Å². The third-order valence-electron chi connectivity index (χ3n) is 2.33. The Hall–Kier alpha value is -1.59. The second-order valence-electron chi connectivity index (χ2n) is 4.47. The van der Waals surface area contributed by atoms with Gasteiger partial charge < -0.3 is 15.7 Å². The van der Waals surface area contributed by atoms with Gasteiger partial charge in [0.05, 0.1) is 6.42 Å². The van der Waals surface area contributed by atoms with Gasteiger partial charge in [-0.1, -0.05) is 31.5 Å². The van der Waals surface area contributed by atoms with E-state index in [1.165, 1.54) is 0 Å². The summed E-state index contributed by atoms with van der Waals surface area (Å²) in [5, 5.41) is 15.0. The quantitative estimate of drug-likeness (QED) is 0.748. The molecule has 0 bridgehead atoms. The molecule has 1 atom stereocenters. The third kappa shape index (κ3) is 5.72. The lowest BCUT2D eigenvalue weighted by atomic mass is 10.1. The molecule has 0 saturated carbocycles. The number of halogens is 1. The Bertz CT molecular complexity index is 463. The summed E-state index contributed by atoms with van der Waals surface area (Å²) in [6.07, 6.45) is -0.139. The predicted molar refractivity (Wildman–Crippen MR) is 74.4 cm³/mol. The van der Waals surface area contributed by atoms with Crippen molar-refractivity contribution in [3.05, 3.63) is 29.3 Å². The van der Waals surface area contributed by atoms with E-state index in [1.54, 1.807) is 24.3 Å². The molecule has 0 aromatic heterocycles. The number of carboxylic acid groups (broad SMARTS) is 1. The molecule has 6 heteroatoms. The van der Waals surface area contributed by atoms with Crippen molar-refractivity contribution >= 4 is 29.2 Å². The lowest BCUT2D eigenvalue weighted by molar-refractivity contribution is -0.141. The number of hydrogen-bond acceptors (Lipinski definition) is 3. The summed E-state index contributed by atoms with van der Waals surface area (Å²) in [4.78, 5) is 22.8. The molecule has 1 aromatic carbocycles. The maximum absolute atomic E-state index is 11.8. The second-order valence-corrected chi connectivity index (χ2v) is 4.91. The van der Waals surface area contributed by atoms with Crippen LogP contribution in [0, 0.1) is 0 Å². The Kier molecular flexibility index (Phi) is 5.79. The zero-order valence-corrected chi connectivity index (χ0v) is 11.6. The standard InChI is InChI=1S/C13H17ClN2O3/c1-8(2)15-11(13(18)19)7-12(17)16-10-5-3-4-9(14)6-10/h3-6,8,11,15H,7H2,1-2H3,(H,16,17)(H,18,19). The van der Waals surface area contributed by atoms with E-state index in [2.05, 4.69) is 10.6 Å². The van der Waals surface area contributed by atoms with Gasteiger partial charge in [0.2, 0.25) is 5.91 Å². The molecule has 3 N–H and O–H groups in total. The first kappa shape index (κ1) is 15.5. The van der Waals surface area contributed by atoms with Crippen LogP contribution in [0.4, 0.5) is 5.69 Å². The van der Waals surface area contributed by atoms with E-state index < -0.39 is 12.0 Å². The summed E-state index contributed by atoms with van der Waals surface area (Å²) in [7, 11) is 0. The molecule has 0 aliphatic heterocycles. The van der Waals surface area contributed by atoms with Crippen LogP contribution in [-0.2, 0) is 9.59 Å². The molecule has 0 aliphatic rings. The molecule has 0 spiro atoms. The van der Waals surface area contributed by atoms with Crippen molar-refractivity contribution in [1.82, 2.24) is 5.32 Å². The van der Waals surface area contributed by atoms with E-state index in [4.69, 9.17) is 16.7 Å². The van der Waals surface area contributed by atoms with Crippen LogP contribution in [0.15, 0.2) is 24.3 Å². The number of hydrogen-bond donors (Lipinski definition) is 3. The fourth-order valence-corrected chi connectivity index (χ4v) is 1.77. The fourth-order valence-electron chi connectivity index (χ4n) is 1.58. The van der Waals surface area contributed by atoms with Crippen LogP contribution in [0.5, 0.6) is 0 Å². The minimum Gasteiger partial charge on any atom is -0.480 e. The van der Waals surface area contributed by atoms with Crippen molar-refractivity contribution in [3.8, 4) is 0 Å². The number of aliphatic carboxylic acids is 1. The molecule has 1 amide bonds. The average Bonchev–Trinajstić information content (AvgIpc) is 2.27. The Morgan fingerprint density at radius 1 is 1.37 bits per heavy atom. The summed E-state index contributed by atoms with van der Waals surface area (Å²) in [5.41, 5.74) is 0.547. The monoisotopic (exact) mass is 284 g/mol.